The lowest BCUT2D eigenvalue weighted by atomic mass is 10.0. The molecule has 0 amide bonds. The van der Waals surface area contributed by atoms with E-state index in [2.05, 4.69) is 13.0 Å². The van der Waals surface area contributed by atoms with E-state index in [0.717, 1.165) is 18.5 Å². The van der Waals surface area contributed by atoms with Crippen molar-refractivity contribution >= 4 is 15.8 Å². The number of nitrogens with zero attached hydrogens (tertiary/aromatic N) is 1. The molecule has 168 valence electrons. The van der Waals surface area contributed by atoms with Crippen LogP contribution in [0.25, 0.3) is 0 Å². The fourth-order valence-electron chi connectivity index (χ4n) is 3.82. The summed E-state index contributed by atoms with van der Waals surface area (Å²) in [6.45, 7) is 2.25. The minimum atomic E-state index is -4.07. The van der Waals surface area contributed by atoms with Crippen LogP contribution >= 0.6 is 0 Å². The molecule has 0 aliphatic carbocycles. The highest BCUT2D eigenvalue weighted by Gasteiger charge is 2.31. The fraction of sp³-hybridized carbons (Fsp3) is 0.739. The Morgan fingerprint density at radius 1 is 0.897 bits per heavy atom. The number of para-hydroxylation sites is 1. The monoisotopic (exact) mass is 428 g/mol. The average molecular weight is 429 g/mol. The maximum Gasteiger partial charge on any atom is 0.265 e. The third-order valence-electron chi connectivity index (χ3n) is 5.79. The minimum Gasteiger partial charge on any atom is -0.344 e. The molecule has 0 spiro atoms. The van der Waals surface area contributed by atoms with Crippen LogP contribution in [0.4, 0.5) is 5.69 Å². The molecule has 1 aromatic rings. The lowest BCUT2D eigenvalue weighted by Gasteiger charge is -2.35. The van der Waals surface area contributed by atoms with Crippen LogP contribution in [0.2, 0.25) is 0 Å². The summed E-state index contributed by atoms with van der Waals surface area (Å²) < 4.78 is 31.2. The van der Waals surface area contributed by atoms with Gasteiger partial charge in [0.05, 0.1) is 19.8 Å². The molecular formula is C23H42NO4S+. The smallest absolute Gasteiger partial charge is 0.265 e. The van der Waals surface area contributed by atoms with Crippen molar-refractivity contribution in [2.75, 3.05) is 19.8 Å². The van der Waals surface area contributed by atoms with Crippen molar-refractivity contribution in [3.05, 3.63) is 29.8 Å². The molecule has 2 N–H and O–H groups in total. The predicted molar refractivity (Wildman–Crippen MR) is 123 cm³/mol. The molecule has 29 heavy (non-hydrogen) atoms. The van der Waals surface area contributed by atoms with E-state index in [0.29, 0.717) is 0 Å². The summed E-state index contributed by atoms with van der Waals surface area (Å²) >= 11 is 0. The van der Waals surface area contributed by atoms with Gasteiger partial charge in [-0.15, -0.1) is 0 Å². The summed E-state index contributed by atoms with van der Waals surface area (Å²) in [6.07, 6.45) is 13.1. The summed E-state index contributed by atoms with van der Waals surface area (Å²) in [7, 11) is -0.312. The van der Waals surface area contributed by atoms with Crippen LogP contribution in [0, 0.1) is 0 Å². The first-order valence-electron chi connectivity index (χ1n) is 11.2. The van der Waals surface area contributed by atoms with E-state index < -0.39 is 22.1 Å². The van der Waals surface area contributed by atoms with E-state index in [1.54, 1.807) is 0 Å². The lowest BCUT2D eigenvalue weighted by molar-refractivity contribution is 0.0412. The highest BCUT2D eigenvalue weighted by Crippen LogP contribution is 2.29. The zero-order chi connectivity index (χ0) is 21.8. The van der Waals surface area contributed by atoms with Gasteiger partial charge in [0.2, 0.25) is 0 Å². The van der Waals surface area contributed by atoms with Gasteiger partial charge in [0.1, 0.15) is 5.69 Å². The summed E-state index contributed by atoms with van der Waals surface area (Å²) in [5.74, 6) is -0.434. The minimum absolute atomic E-state index is 0.00156. The van der Waals surface area contributed by atoms with Crippen molar-refractivity contribution < 1.29 is 18.1 Å². The molecule has 0 fully saturated rings. The third-order valence-corrected chi connectivity index (χ3v) is 6.54. The molecule has 0 bridgehead atoms. The molecule has 1 aromatic carbocycles. The number of aryl methyl sites for hydroxylation is 1. The number of unbranched alkanes of at least 4 members (excludes halogenated alkanes) is 9. The Kier molecular flexibility index (Phi) is 12.0. The van der Waals surface area contributed by atoms with Gasteiger partial charge in [-0.05, 0) is 18.9 Å². The lowest BCUT2D eigenvalue weighted by Crippen LogP contribution is -2.51. The van der Waals surface area contributed by atoms with Gasteiger partial charge >= 0.3 is 0 Å². The first-order chi connectivity index (χ1) is 13.7. The van der Waals surface area contributed by atoms with E-state index in [1.807, 2.05) is 32.3 Å². The summed E-state index contributed by atoms with van der Waals surface area (Å²) in [6, 6.07) is 8.06. The zero-order valence-electron chi connectivity index (χ0n) is 18.6. The Hall–Kier alpha value is -0.950. The second-order valence-electron chi connectivity index (χ2n) is 8.66. The predicted octanol–water partition coefficient (Wildman–Crippen LogP) is 5.31. The van der Waals surface area contributed by atoms with Crippen molar-refractivity contribution in [1.82, 2.24) is 4.48 Å². The van der Waals surface area contributed by atoms with Crippen molar-refractivity contribution in [3.8, 4) is 0 Å². The number of benzene rings is 1. The van der Waals surface area contributed by atoms with E-state index in [9.17, 15) is 13.5 Å². The number of hydrogen-bond acceptors (Lipinski definition) is 3. The molecule has 0 heterocycles. The topological polar surface area (TPSA) is 74.6 Å². The number of aliphatic hydroxyl groups is 1. The summed E-state index contributed by atoms with van der Waals surface area (Å²) in [5, 5.41) is 10.6. The fourth-order valence-corrected chi connectivity index (χ4v) is 4.33. The largest absolute Gasteiger partial charge is 0.344 e. The van der Waals surface area contributed by atoms with Gasteiger partial charge in [0.15, 0.2) is 6.23 Å². The van der Waals surface area contributed by atoms with E-state index >= 15 is 0 Å². The van der Waals surface area contributed by atoms with Gasteiger partial charge in [0.25, 0.3) is 10.1 Å². The Labute approximate surface area is 178 Å². The molecule has 0 saturated heterocycles. The molecular weight excluding hydrogens is 386 g/mol. The first kappa shape index (κ1) is 26.1. The normalized spacial score (nSPS) is 13.6. The molecule has 0 saturated carbocycles. The van der Waals surface area contributed by atoms with Crippen LogP contribution in [0.3, 0.4) is 0 Å². The Morgan fingerprint density at radius 3 is 1.97 bits per heavy atom. The maximum absolute atomic E-state index is 11.0. The molecule has 0 aliphatic heterocycles. The standard InChI is InChI=1S/C23H41NO4S/c1-4-5-6-7-8-9-10-11-12-13-16-21-17-14-15-18-22(21)24(2,3)23(25)19-20-29(26,27)28/h14-15,17-18,23,25H,4-13,16,19-20H2,1-3H3/p+1. The Balaban J connectivity index is 2.46. The Bertz CT molecular complexity index is 673. The number of hydrogen-bond donors (Lipinski definition) is 2. The van der Waals surface area contributed by atoms with Crippen LogP contribution in [0.15, 0.2) is 24.3 Å². The first-order valence-corrected chi connectivity index (χ1v) is 12.8. The van der Waals surface area contributed by atoms with Gasteiger partial charge < -0.3 is 5.11 Å². The van der Waals surface area contributed by atoms with Gasteiger partial charge in [0, 0.05) is 12.0 Å². The zero-order valence-corrected chi connectivity index (χ0v) is 19.5. The highest BCUT2D eigenvalue weighted by molar-refractivity contribution is 7.85. The third kappa shape index (κ3) is 10.6. The SMILES string of the molecule is CCCCCCCCCCCCc1ccccc1[N+](C)(C)C(O)CCS(=O)(=O)O. The van der Waals surface area contributed by atoms with Crippen LogP contribution in [0.1, 0.15) is 83.1 Å². The highest BCUT2D eigenvalue weighted by atomic mass is 32.2. The second-order valence-corrected chi connectivity index (χ2v) is 10.2. The molecule has 1 rings (SSSR count). The molecule has 1 unspecified atom stereocenters. The Morgan fingerprint density at radius 2 is 1.41 bits per heavy atom. The van der Waals surface area contributed by atoms with Gasteiger partial charge in [-0.3, -0.25) is 9.04 Å². The van der Waals surface area contributed by atoms with Crippen molar-refractivity contribution in [3.63, 3.8) is 0 Å². The van der Waals surface area contributed by atoms with Gasteiger partial charge in [-0.25, -0.2) is 0 Å². The second kappa shape index (κ2) is 13.4. The van der Waals surface area contributed by atoms with Crippen LogP contribution in [-0.2, 0) is 16.5 Å². The maximum atomic E-state index is 11.0. The number of rotatable bonds is 16. The van der Waals surface area contributed by atoms with Crippen LogP contribution < -0.4 is 4.48 Å². The van der Waals surface area contributed by atoms with E-state index in [1.165, 1.54) is 63.4 Å². The van der Waals surface area contributed by atoms with Crippen molar-refractivity contribution in [1.29, 1.82) is 0 Å². The van der Waals surface area contributed by atoms with Crippen LogP contribution in [-0.4, -0.2) is 44.2 Å². The van der Waals surface area contributed by atoms with Crippen LogP contribution in [0.5, 0.6) is 0 Å². The summed E-state index contributed by atoms with van der Waals surface area (Å²) in [4.78, 5) is 0. The molecule has 5 nitrogen and oxygen atoms in total. The number of aliphatic hydroxyl groups excluding tert-OH is 1. The number of quaternary nitrogens is 1. The molecule has 1 atom stereocenters. The van der Waals surface area contributed by atoms with Crippen molar-refractivity contribution in [2.24, 2.45) is 0 Å². The van der Waals surface area contributed by atoms with Gasteiger partial charge in [-0.1, -0.05) is 82.9 Å². The molecule has 0 aliphatic rings. The summed E-state index contributed by atoms with van der Waals surface area (Å²) in [5.41, 5.74) is 2.20. The molecule has 0 aromatic heterocycles. The van der Waals surface area contributed by atoms with Crippen molar-refractivity contribution in [2.45, 2.75) is 90.2 Å². The molecule has 0 radical (unpaired) electrons. The quantitative estimate of drug-likeness (QED) is 0.162. The average Bonchev–Trinajstić information content (AvgIpc) is 2.67. The van der Waals surface area contributed by atoms with Gasteiger partial charge in [-0.2, -0.15) is 8.42 Å². The molecule has 6 heteroatoms. The van der Waals surface area contributed by atoms with E-state index in [4.69, 9.17) is 4.55 Å². The van der Waals surface area contributed by atoms with E-state index in [-0.39, 0.29) is 10.9 Å².